The number of benzene rings is 4. The summed E-state index contributed by atoms with van der Waals surface area (Å²) in [6.07, 6.45) is 2.24. The molecule has 3 N–H and O–H groups in total. The van der Waals surface area contributed by atoms with Crippen LogP contribution in [0.5, 0.6) is 23.1 Å². The molecule has 16 nitrogen and oxygen atoms in total. The van der Waals surface area contributed by atoms with E-state index in [0.29, 0.717) is 33.1 Å². The van der Waals surface area contributed by atoms with Crippen molar-refractivity contribution < 1.29 is 42.6 Å². The van der Waals surface area contributed by atoms with Crippen LogP contribution in [0.3, 0.4) is 0 Å². The summed E-state index contributed by atoms with van der Waals surface area (Å²) >= 11 is 0. The van der Waals surface area contributed by atoms with Crippen molar-refractivity contribution >= 4 is 62.7 Å². The van der Waals surface area contributed by atoms with E-state index >= 15 is 4.39 Å². The third-order valence-electron chi connectivity index (χ3n) is 10.9. The molecule has 0 saturated carbocycles. The number of methoxy groups -OCH3 is 1. The number of hydrogen-bond acceptors (Lipinski definition) is 11. The summed E-state index contributed by atoms with van der Waals surface area (Å²) in [6, 6.07) is 16.6. The first-order valence-electron chi connectivity index (χ1n) is 19.3. The molecule has 0 spiro atoms. The SMILES string of the molecule is CCc1ccc2c(c1)c(=O)c(C(=O)Nc1ccc(Oc3ncnc4cc(OCC(=O)Nc5cccc6c5C(=O)N(C5CCC(=O)NC5=O)C6)c(OC)cc34)c(F)c1)c(C)n2C. The maximum Gasteiger partial charge on any atom is 0.262 e. The molecule has 310 valence electrons. The van der Waals surface area contributed by atoms with Crippen molar-refractivity contribution in [1.29, 1.82) is 0 Å². The lowest BCUT2D eigenvalue weighted by atomic mass is 10.0. The van der Waals surface area contributed by atoms with Crippen molar-refractivity contribution in [3.05, 3.63) is 117 Å². The van der Waals surface area contributed by atoms with E-state index in [1.165, 1.54) is 42.6 Å². The highest BCUT2D eigenvalue weighted by molar-refractivity contribution is 6.10. The molecule has 4 heterocycles. The van der Waals surface area contributed by atoms with Crippen LogP contribution >= 0.6 is 0 Å². The van der Waals surface area contributed by atoms with Crippen molar-refractivity contribution in [3.8, 4) is 23.1 Å². The Kier molecular flexibility index (Phi) is 10.6. The number of carbonyl (C=O) groups excluding carboxylic acids is 5. The monoisotopic (exact) mass is 827 g/mol. The minimum atomic E-state index is -0.826. The molecule has 8 rings (SSSR count). The Morgan fingerprint density at radius 3 is 2.52 bits per heavy atom. The number of hydrogen-bond donors (Lipinski definition) is 3. The predicted molar refractivity (Wildman–Crippen MR) is 220 cm³/mol. The number of pyridine rings is 1. The molecular weight excluding hydrogens is 790 g/mol. The Morgan fingerprint density at radius 2 is 1.77 bits per heavy atom. The summed E-state index contributed by atoms with van der Waals surface area (Å²) in [6.45, 7) is 3.31. The van der Waals surface area contributed by atoms with Crippen molar-refractivity contribution in [3.63, 3.8) is 0 Å². The van der Waals surface area contributed by atoms with Crippen LogP contribution in [-0.4, -0.2) is 68.7 Å². The van der Waals surface area contributed by atoms with Gasteiger partial charge in [0.1, 0.15) is 17.9 Å². The molecule has 1 saturated heterocycles. The number of anilines is 2. The van der Waals surface area contributed by atoms with Gasteiger partial charge in [0.25, 0.3) is 17.7 Å². The van der Waals surface area contributed by atoms with Crippen molar-refractivity contribution in [1.82, 2.24) is 24.8 Å². The average Bonchev–Trinajstić information content (AvgIpc) is 3.58. The number of fused-ring (bicyclic) bond motifs is 3. The van der Waals surface area contributed by atoms with Crippen LogP contribution in [0.2, 0.25) is 0 Å². The van der Waals surface area contributed by atoms with Crippen LogP contribution in [0.4, 0.5) is 15.8 Å². The number of rotatable bonds is 11. The Balaban J connectivity index is 0.952. The fourth-order valence-electron chi connectivity index (χ4n) is 7.59. The maximum atomic E-state index is 15.6. The first-order chi connectivity index (χ1) is 29.3. The van der Waals surface area contributed by atoms with Crippen molar-refractivity contribution in [2.75, 3.05) is 24.4 Å². The third-order valence-corrected chi connectivity index (χ3v) is 10.9. The lowest BCUT2D eigenvalue weighted by Crippen LogP contribution is -2.52. The van der Waals surface area contributed by atoms with Gasteiger partial charge >= 0.3 is 0 Å². The van der Waals surface area contributed by atoms with E-state index in [0.717, 1.165) is 18.1 Å². The number of nitrogens with zero attached hydrogens (tertiary/aromatic N) is 4. The lowest BCUT2D eigenvalue weighted by molar-refractivity contribution is -0.137. The van der Waals surface area contributed by atoms with Crippen molar-refractivity contribution in [2.24, 2.45) is 7.05 Å². The van der Waals surface area contributed by atoms with Crippen LogP contribution in [0.15, 0.2) is 77.9 Å². The van der Waals surface area contributed by atoms with Crippen molar-refractivity contribution in [2.45, 2.75) is 45.7 Å². The second kappa shape index (κ2) is 16.2. The normalized spacial score (nSPS) is 14.8. The molecule has 5 amide bonds. The number of nitrogens with one attached hydrogen (secondary N) is 3. The highest BCUT2D eigenvalue weighted by Gasteiger charge is 2.40. The molecule has 2 aromatic heterocycles. The molecular formula is C44H38FN7O9. The quantitative estimate of drug-likeness (QED) is 0.143. The average molecular weight is 828 g/mol. The van der Waals surface area contributed by atoms with Crippen LogP contribution in [0.1, 0.15) is 57.3 Å². The zero-order valence-corrected chi connectivity index (χ0v) is 33.4. The fourth-order valence-corrected chi connectivity index (χ4v) is 7.59. The molecule has 1 unspecified atom stereocenters. The Labute approximate surface area is 346 Å². The number of amides is 5. The number of ether oxygens (including phenoxy) is 3. The Hall–Kier alpha value is -7.69. The smallest absolute Gasteiger partial charge is 0.262 e. The zero-order chi connectivity index (χ0) is 43.1. The predicted octanol–water partition coefficient (Wildman–Crippen LogP) is 5.32. The first kappa shape index (κ1) is 40.1. The van der Waals surface area contributed by atoms with Gasteiger partial charge in [-0.1, -0.05) is 25.1 Å². The summed E-state index contributed by atoms with van der Waals surface area (Å²) in [5.41, 5.74) is 3.15. The van der Waals surface area contributed by atoms with Gasteiger partial charge in [0.15, 0.2) is 29.7 Å². The van der Waals surface area contributed by atoms with Gasteiger partial charge in [0.05, 0.1) is 34.8 Å². The highest BCUT2D eigenvalue weighted by Crippen LogP contribution is 2.37. The third kappa shape index (κ3) is 7.56. The first-order valence-corrected chi connectivity index (χ1v) is 19.3. The Morgan fingerprint density at radius 1 is 0.951 bits per heavy atom. The van der Waals surface area contributed by atoms with Gasteiger partial charge in [-0.05, 0) is 67.3 Å². The molecule has 61 heavy (non-hydrogen) atoms. The van der Waals surface area contributed by atoms with E-state index in [9.17, 15) is 28.8 Å². The van der Waals surface area contributed by atoms with Gasteiger partial charge in [-0.2, -0.15) is 0 Å². The fraction of sp³-hybridized carbons (Fsp3) is 0.227. The molecule has 2 aliphatic rings. The molecule has 6 aromatic rings. The number of imide groups is 1. The van der Waals surface area contributed by atoms with Crippen LogP contribution in [0, 0.1) is 12.7 Å². The van der Waals surface area contributed by atoms with E-state index < -0.39 is 47.5 Å². The van der Waals surface area contributed by atoms with Crippen LogP contribution in [-0.2, 0) is 34.4 Å². The summed E-state index contributed by atoms with van der Waals surface area (Å²) in [5.74, 6) is -3.40. The molecule has 17 heteroatoms. The summed E-state index contributed by atoms with van der Waals surface area (Å²) in [4.78, 5) is 87.6. The van der Waals surface area contributed by atoms with E-state index in [-0.39, 0.29) is 70.9 Å². The number of halogens is 1. The van der Waals surface area contributed by atoms with E-state index in [2.05, 4.69) is 25.9 Å². The second-order valence-electron chi connectivity index (χ2n) is 14.5. The summed E-state index contributed by atoms with van der Waals surface area (Å²) in [5, 5.41) is 8.36. The minimum Gasteiger partial charge on any atom is -0.493 e. The van der Waals surface area contributed by atoms with Gasteiger partial charge in [-0.3, -0.25) is 34.1 Å². The maximum absolute atomic E-state index is 15.6. The summed E-state index contributed by atoms with van der Waals surface area (Å²) < 4.78 is 34.6. The van der Waals surface area contributed by atoms with Gasteiger partial charge in [-0.25, -0.2) is 14.4 Å². The number of aromatic nitrogens is 3. The zero-order valence-electron chi connectivity index (χ0n) is 33.4. The minimum absolute atomic E-state index is 0.0287. The summed E-state index contributed by atoms with van der Waals surface area (Å²) in [7, 11) is 3.16. The number of piperidine rings is 1. The highest BCUT2D eigenvalue weighted by atomic mass is 19.1. The van der Waals surface area contributed by atoms with Gasteiger partial charge in [0, 0.05) is 48.9 Å². The lowest BCUT2D eigenvalue weighted by Gasteiger charge is -2.29. The van der Waals surface area contributed by atoms with Gasteiger partial charge < -0.3 is 34.3 Å². The van der Waals surface area contributed by atoms with E-state index in [1.54, 1.807) is 42.8 Å². The number of aryl methyl sites for hydroxylation is 2. The molecule has 1 fully saturated rings. The Bertz CT molecular complexity index is 2910. The standard InChI is InChI=1S/C44H38FN7O9/c1-5-23-9-11-31-27(15-23)40(55)38(22(2)51(31)3)42(57)48-25-10-13-33(28(45)16-25)61-43-26-17-34(59-4)35(18-30(26)46-21-47-43)60-20-37(54)49-29-8-6-7-24-19-52(44(58)39(24)29)32-12-14-36(53)50-41(32)56/h6-11,13,15-18,21,32H,5,12,14,19-20H2,1-4H3,(H,48,57)(H,49,54)(H,50,53,56). The second-order valence-corrected chi connectivity index (χ2v) is 14.5. The molecule has 4 aromatic carbocycles. The largest absolute Gasteiger partial charge is 0.493 e. The molecule has 0 radical (unpaired) electrons. The van der Waals surface area contributed by atoms with Gasteiger partial charge in [-0.15, -0.1) is 0 Å². The molecule has 0 aliphatic carbocycles. The van der Waals surface area contributed by atoms with E-state index in [1.807, 2.05) is 19.1 Å². The molecule has 0 bridgehead atoms. The topological polar surface area (TPSA) is 200 Å². The number of carbonyl (C=O) groups is 5. The van der Waals surface area contributed by atoms with Crippen LogP contribution < -0.4 is 35.6 Å². The molecule has 2 aliphatic heterocycles. The van der Waals surface area contributed by atoms with E-state index in [4.69, 9.17) is 14.2 Å². The van der Waals surface area contributed by atoms with Gasteiger partial charge in [0.2, 0.25) is 23.1 Å². The molecule has 1 atom stereocenters. The van der Waals surface area contributed by atoms with Crippen LogP contribution in [0.25, 0.3) is 21.8 Å².